The van der Waals surface area contributed by atoms with Crippen LogP contribution in [0.5, 0.6) is 0 Å². The van der Waals surface area contributed by atoms with Crippen LogP contribution in [0.25, 0.3) is 0 Å². The molecule has 84 valence electrons. The van der Waals surface area contributed by atoms with Crippen LogP contribution < -0.4 is 5.32 Å². The van der Waals surface area contributed by atoms with Gasteiger partial charge in [-0.25, -0.2) is 4.39 Å². The highest BCUT2D eigenvalue weighted by Gasteiger charge is 2.38. The van der Waals surface area contributed by atoms with Gasteiger partial charge in [0.15, 0.2) is 0 Å². The van der Waals surface area contributed by atoms with Crippen LogP contribution in [0.1, 0.15) is 0 Å². The molecule has 16 heavy (non-hydrogen) atoms. The normalized spacial score (nSPS) is 17.3. The fraction of sp³-hybridized carbons (Fsp3) is 0.364. The topological polar surface area (TPSA) is 45.0 Å². The maximum atomic E-state index is 13.4. The fourth-order valence-electron chi connectivity index (χ4n) is 1.45. The van der Waals surface area contributed by atoms with Crippen LogP contribution in [0.3, 0.4) is 0 Å². The molecule has 1 aromatic rings. The number of nitrogens with zero attached hydrogens (tertiary/aromatic N) is 1. The number of hydrogen-bond acceptors (Lipinski definition) is 3. The lowest BCUT2D eigenvalue weighted by Gasteiger charge is -2.35. The van der Waals surface area contributed by atoms with Gasteiger partial charge >= 0.3 is 0 Å². The third-order valence-electron chi connectivity index (χ3n) is 2.54. The van der Waals surface area contributed by atoms with E-state index in [0.717, 1.165) is 4.47 Å². The second-order valence-electron chi connectivity index (χ2n) is 3.86. The van der Waals surface area contributed by atoms with Crippen molar-refractivity contribution in [3.05, 3.63) is 28.5 Å². The van der Waals surface area contributed by atoms with Gasteiger partial charge in [-0.1, -0.05) is 15.9 Å². The summed E-state index contributed by atoms with van der Waals surface area (Å²) in [5.74, 6) is -0.323. The zero-order chi connectivity index (χ0) is 11.6. The van der Waals surface area contributed by atoms with Gasteiger partial charge in [0.25, 0.3) is 0 Å². The van der Waals surface area contributed by atoms with Crippen molar-refractivity contribution in [2.24, 2.45) is 5.41 Å². The van der Waals surface area contributed by atoms with Crippen molar-refractivity contribution in [1.29, 1.82) is 5.26 Å². The Morgan fingerprint density at radius 2 is 2.31 bits per heavy atom. The molecule has 0 unspecified atom stereocenters. The van der Waals surface area contributed by atoms with Gasteiger partial charge < -0.3 is 10.1 Å². The Hall–Kier alpha value is -1.12. The van der Waals surface area contributed by atoms with E-state index in [1.165, 1.54) is 6.07 Å². The lowest BCUT2D eigenvalue weighted by molar-refractivity contribution is -0.0690. The van der Waals surface area contributed by atoms with Gasteiger partial charge in [-0.2, -0.15) is 5.26 Å². The summed E-state index contributed by atoms with van der Waals surface area (Å²) in [6.45, 7) is 1.22. The summed E-state index contributed by atoms with van der Waals surface area (Å²) in [4.78, 5) is 0. The summed E-state index contributed by atoms with van der Waals surface area (Å²) in [5.41, 5.74) is -0.106. The second-order valence-corrected chi connectivity index (χ2v) is 4.78. The largest absolute Gasteiger partial charge is 0.381 e. The van der Waals surface area contributed by atoms with E-state index in [9.17, 15) is 4.39 Å². The number of ether oxygens (including phenoxy) is 1. The Labute approximate surface area is 101 Å². The first kappa shape index (κ1) is 11.4. The van der Waals surface area contributed by atoms with Crippen LogP contribution in [-0.4, -0.2) is 19.8 Å². The molecule has 0 amide bonds. The zero-order valence-corrected chi connectivity index (χ0v) is 10.1. The van der Waals surface area contributed by atoms with E-state index < -0.39 is 5.41 Å². The minimum atomic E-state index is -0.505. The van der Waals surface area contributed by atoms with Crippen molar-refractivity contribution in [2.45, 2.75) is 0 Å². The number of anilines is 1. The third kappa shape index (κ3) is 2.18. The number of rotatable bonds is 3. The van der Waals surface area contributed by atoms with Gasteiger partial charge in [-0.15, -0.1) is 0 Å². The number of nitrogens with one attached hydrogen (secondary N) is 1. The molecule has 5 heteroatoms. The number of hydrogen-bond donors (Lipinski definition) is 1. The van der Waals surface area contributed by atoms with Gasteiger partial charge in [0.2, 0.25) is 0 Å². The van der Waals surface area contributed by atoms with Crippen molar-refractivity contribution in [3.63, 3.8) is 0 Å². The smallest absolute Gasteiger partial charge is 0.146 e. The molecule has 0 aliphatic carbocycles. The molecule has 1 aromatic carbocycles. The first-order chi connectivity index (χ1) is 7.65. The van der Waals surface area contributed by atoms with Crippen molar-refractivity contribution >= 4 is 21.6 Å². The molecule has 1 N–H and O–H groups in total. The average molecular weight is 285 g/mol. The van der Waals surface area contributed by atoms with E-state index in [0.29, 0.717) is 25.4 Å². The van der Waals surface area contributed by atoms with Crippen LogP contribution in [-0.2, 0) is 4.74 Å². The molecule has 1 fully saturated rings. The predicted molar refractivity (Wildman–Crippen MR) is 61.5 cm³/mol. The molecule has 1 aliphatic rings. The highest BCUT2D eigenvalue weighted by atomic mass is 79.9. The molecule has 0 saturated carbocycles. The Balaban J connectivity index is 2.05. The van der Waals surface area contributed by atoms with E-state index in [1.807, 2.05) is 0 Å². The van der Waals surface area contributed by atoms with E-state index >= 15 is 0 Å². The monoisotopic (exact) mass is 284 g/mol. The molecular weight excluding hydrogens is 275 g/mol. The van der Waals surface area contributed by atoms with Crippen LogP contribution in [0.15, 0.2) is 22.7 Å². The summed E-state index contributed by atoms with van der Waals surface area (Å²) in [6, 6.07) is 6.86. The molecule has 0 bridgehead atoms. The molecule has 0 radical (unpaired) electrons. The van der Waals surface area contributed by atoms with E-state index in [2.05, 4.69) is 27.3 Å². The van der Waals surface area contributed by atoms with Gasteiger partial charge in [0.1, 0.15) is 11.2 Å². The summed E-state index contributed by atoms with van der Waals surface area (Å²) < 4.78 is 19.2. The van der Waals surface area contributed by atoms with Crippen molar-refractivity contribution in [2.75, 3.05) is 25.1 Å². The van der Waals surface area contributed by atoms with Crippen molar-refractivity contribution in [3.8, 4) is 6.07 Å². The second kappa shape index (κ2) is 4.40. The maximum Gasteiger partial charge on any atom is 0.146 e. The van der Waals surface area contributed by atoms with E-state index in [-0.39, 0.29) is 5.82 Å². The third-order valence-corrected chi connectivity index (χ3v) is 3.03. The van der Waals surface area contributed by atoms with E-state index in [1.54, 1.807) is 12.1 Å². The quantitative estimate of drug-likeness (QED) is 0.928. The average Bonchev–Trinajstić information content (AvgIpc) is 2.22. The Bertz CT molecular complexity index is 440. The first-order valence-corrected chi connectivity index (χ1v) is 5.62. The molecule has 0 atom stereocenters. The minimum absolute atomic E-state index is 0.323. The maximum absolute atomic E-state index is 13.4. The molecule has 1 heterocycles. The SMILES string of the molecule is N#CC1(CNc2cc(Br)ccc2F)COC1. The first-order valence-electron chi connectivity index (χ1n) is 4.83. The number of halogens is 2. The summed E-state index contributed by atoms with van der Waals surface area (Å²) in [6.07, 6.45) is 0. The van der Waals surface area contributed by atoms with Gasteiger partial charge in [0.05, 0.1) is 25.0 Å². The molecule has 3 nitrogen and oxygen atoms in total. The summed E-state index contributed by atoms with van der Waals surface area (Å²) >= 11 is 3.27. The fourth-order valence-corrected chi connectivity index (χ4v) is 1.81. The number of nitriles is 1. The lowest BCUT2D eigenvalue weighted by Crippen LogP contribution is -2.46. The standard InChI is InChI=1S/C11H10BrFN2O/c12-8-1-2-9(13)10(3-8)15-5-11(4-14)6-16-7-11/h1-3,15H,5-7H2. The molecule has 1 aliphatic heterocycles. The van der Waals surface area contributed by atoms with Gasteiger partial charge in [0, 0.05) is 11.0 Å². The molecule has 0 spiro atoms. The molecule has 0 aromatic heterocycles. The number of benzene rings is 1. The highest BCUT2D eigenvalue weighted by molar-refractivity contribution is 9.10. The Morgan fingerprint density at radius 3 is 2.88 bits per heavy atom. The zero-order valence-electron chi connectivity index (χ0n) is 8.46. The molecule has 2 rings (SSSR count). The lowest BCUT2D eigenvalue weighted by atomic mass is 9.88. The van der Waals surface area contributed by atoms with Crippen LogP contribution in [0, 0.1) is 22.6 Å². The van der Waals surface area contributed by atoms with Gasteiger partial charge in [-0.05, 0) is 18.2 Å². The van der Waals surface area contributed by atoms with Crippen LogP contribution >= 0.6 is 15.9 Å². The Kier molecular flexibility index (Phi) is 3.13. The summed E-state index contributed by atoms with van der Waals surface area (Å²) in [7, 11) is 0. The van der Waals surface area contributed by atoms with Gasteiger partial charge in [-0.3, -0.25) is 0 Å². The Morgan fingerprint density at radius 1 is 1.56 bits per heavy atom. The molecule has 1 saturated heterocycles. The van der Waals surface area contributed by atoms with Crippen molar-refractivity contribution in [1.82, 2.24) is 0 Å². The van der Waals surface area contributed by atoms with E-state index in [4.69, 9.17) is 10.00 Å². The van der Waals surface area contributed by atoms with Crippen LogP contribution in [0.4, 0.5) is 10.1 Å². The summed E-state index contributed by atoms with van der Waals surface area (Å²) in [5, 5.41) is 11.9. The van der Waals surface area contributed by atoms with Crippen LogP contribution in [0.2, 0.25) is 0 Å². The minimum Gasteiger partial charge on any atom is -0.381 e. The van der Waals surface area contributed by atoms with Crippen molar-refractivity contribution < 1.29 is 9.13 Å². The predicted octanol–water partition coefficient (Wildman–Crippen LogP) is 2.54. The molecular formula is C11H10BrFN2O. The highest BCUT2D eigenvalue weighted by Crippen LogP contribution is 2.28.